The highest BCUT2D eigenvalue weighted by Crippen LogP contribution is 2.25. The summed E-state index contributed by atoms with van der Waals surface area (Å²) in [5.74, 6) is 0. The summed E-state index contributed by atoms with van der Waals surface area (Å²) in [6, 6.07) is 5.10. The van der Waals surface area contributed by atoms with Crippen LogP contribution in [-0.2, 0) is 0 Å². The highest BCUT2D eigenvalue weighted by atomic mass is 32.2. The molecule has 0 fully saturated rings. The zero-order chi connectivity index (χ0) is 9.84. The Hall–Kier alpha value is -1.29. The second kappa shape index (κ2) is 4.09. The second-order valence-corrected chi connectivity index (χ2v) is 3.27. The van der Waals surface area contributed by atoms with E-state index >= 15 is 0 Å². The third kappa shape index (κ3) is 2.09. The van der Waals surface area contributed by atoms with Crippen molar-refractivity contribution >= 4 is 23.5 Å². The SMILES string of the molecule is C=Cc1ccc(SC)cc1[N+](=O)[O-]. The fourth-order valence-electron chi connectivity index (χ4n) is 0.981. The Morgan fingerprint density at radius 3 is 2.77 bits per heavy atom. The largest absolute Gasteiger partial charge is 0.277 e. The fraction of sp³-hybridized carbons (Fsp3) is 0.111. The van der Waals surface area contributed by atoms with Crippen LogP contribution in [0.25, 0.3) is 6.08 Å². The molecule has 0 saturated heterocycles. The minimum Gasteiger partial charge on any atom is -0.258 e. The summed E-state index contributed by atoms with van der Waals surface area (Å²) in [6.45, 7) is 3.52. The average molecular weight is 195 g/mol. The van der Waals surface area contributed by atoms with Crippen LogP contribution < -0.4 is 0 Å². The van der Waals surface area contributed by atoms with E-state index in [-0.39, 0.29) is 5.69 Å². The van der Waals surface area contributed by atoms with Crippen LogP contribution in [0.1, 0.15) is 5.56 Å². The van der Waals surface area contributed by atoms with Crippen molar-refractivity contribution in [2.45, 2.75) is 4.90 Å². The highest BCUT2D eigenvalue weighted by molar-refractivity contribution is 7.98. The van der Waals surface area contributed by atoms with Crippen molar-refractivity contribution in [2.24, 2.45) is 0 Å². The van der Waals surface area contributed by atoms with Crippen LogP contribution in [-0.4, -0.2) is 11.2 Å². The van der Waals surface area contributed by atoms with Gasteiger partial charge in [0.25, 0.3) is 5.69 Å². The number of rotatable bonds is 3. The van der Waals surface area contributed by atoms with E-state index in [1.54, 1.807) is 12.1 Å². The summed E-state index contributed by atoms with van der Waals surface area (Å²) >= 11 is 1.48. The number of benzene rings is 1. The van der Waals surface area contributed by atoms with Crippen LogP contribution in [0.2, 0.25) is 0 Å². The van der Waals surface area contributed by atoms with Gasteiger partial charge in [0.05, 0.1) is 10.5 Å². The van der Waals surface area contributed by atoms with E-state index in [0.717, 1.165) is 4.90 Å². The van der Waals surface area contributed by atoms with Crippen molar-refractivity contribution in [1.82, 2.24) is 0 Å². The third-order valence-electron chi connectivity index (χ3n) is 1.65. The van der Waals surface area contributed by atoms with Gasteiger partial charge in [-0.3, -0.25) is 10.1 Å². The topological polar surface area (TPSA) is 43.1 Å². The van der Waals surface area contributed by atoms with E-state index in [1.165, 1.54) is 17.8 Å². The molecule has 0 aliphatic heterocycles. The van der Waals surface area contributed by atoms with E-state index in [4.69, 9.17) is 0 Å². The first-order chi connectivity index (χ1) is 6.19. The quantitative estimate of drug-likeness (QED) is 0.423. The lowest BCUT2D eigenvalue weighted by Gasteiger charge is -1.99. The maximum Gasteiger partial charge on any atom is 0.277 e. The third-order valence-corrected chi connectivity index (χ3v) is 2.38. The molecule has 3 nitrogen and oxygen atoms in total. The lowest BCUT2D eigenvalue weighted by atomic mass is 10.2. The molecule has 68 valence electrons. The van der Waals surface area contributed by atoms with Crippen LogP contribution in [0.15, 0.2) is 29.7 Å². The predicted molar refractivity (Wildman–Crippen MR) is 55.0 cm³/mol. The zero-order valence-electron chi connectivity index (χ0n) is 7.19. The summed E-state index contributed by atoms with van der Waals surface area (Å²) in [7, 11) is 0. The maximum atomic E-state index is 10.6. The molecule has 0 unspecified atom stereocenters. The Labute approximate surface area is 80.6 Å². The lowest BCUT2D eigenvalue weighted by molar-refractivity contribution is -0.385. The highest BCUT2D eigenvalue weighted by Gasteiger charge is 2.11. The predicted octanol–water partition coefficient (Wildman–Crippen LogP) is 2.96. The van der Waals surface area contributed by atoms with Gasteiger partial charge in [0.15, 0.2) is 0 Å². The first kappa shape index (κ1) is 9.80. The molecule has 1 aromatic rings. The molecule has 0 bridgehead atoms. The molecular formula is C9H9NO2S. The number of nitro benzene ring substituents is 1. The smallest absolute Gasteiger partial charge is 0.258 e. The molecule has 0 radical (unpaired) electrons. The molecule has 0 aliphatic carbocycles. The van der Waals surface area contributed by atoms with Gasteiger partial charge in [-0.15, -0.1) is 11.8 Å². The molecule has 4 heteroatoms. The minimum atomic E-state index is -0.392. The van der Waals surface area contributed by atoms with Gasteiger partial charge < -0.3 is 0 Å². The number of nitro groups is 1. The lowest BCUT2D eigenvalue weighted by Crippen LogP contribution is -1.91. The monoisotopic (exact) mass is 195 g/mol. The van der Waals surface area contributed by atoms with Crippen LogP contribution in [0, 0.1) is 10.1 Å². The van der Waals surface area contributed by atoms with Gasteiger partial charge in [0.1, 0.15) is 0 Å². The van der Waals surface area contributed by atoms with Gasteiger partial charge in [0.2, 0.25) is 0 Å². The van der Waals surface area contributed by atoms with Crippen molar-refractivity contribution in [3.05, 3.63) is 40.5 Å². The molecule has 0 saturated carbocycles. The van der Waals surface area contributed by atoms with Crippen molar-refractivity contribution in [3.8, 4) is 0 Å². The van der Waals surface area contributed by atoms with Crippen LogP contribution in [0.4, 0.5) is 5.69 Å². The Kier molecular flexibility index (Phi) is 3.08. The van der Waals surface area contributed by atoms with Crippen LogP contribution in [0.3, 0.4) is 0 Å². The molecule has 0 spiro atoms. The molecule has 0 atom stereocenters. The first-order valence-electron chi connectivity index (χ1n) is 3.64. The van der Waals surface area contributed by atoms with E-state index in [9.17, 15) is 10.1 Å². The summed E-state index contributed by atoms with van der Waals surface area (Å²) < 4.78 is 0. The number of hydrogen-bond donors (Lipinski definition) is 0. The summed E-state index contributed by atoms with van der Waals surface area (Å²) in [6.07, 6.45) is 3.37. The van der Waals surface area contributed by atoms with Crippen LogP contribution in [0.5, 0.6) is 0 Å². The summed E-state index contributed by atoms with van der Waals surface area (Å²) in [5, 5.41) is 10.6. The van der Waals surface area contributed by atoms with Gasteiger partial charge >= 0.3 is 0 Å². The standard InChI is InChI=1S/C9H9NO2S/c1-3-7-4-5-8(13-2)6-9(7)10(11)12/h3-6H,1H2,2H3. The number of hydrogen-bond acceptors (Lipinski definition) is 3. The normalized spacial score (nSPS) is 9.62. The van der Waals surface area contributed by atoms with Gasteiger partial charge in [-0.05, 0) is 18.4 Å². The zero-order valence-corrected chi connectivity index (χ0v) is 8.00. The van der Waals surface area contributed by atoms with Gasteiger partial charge in [-0.1, -0.05) is 12.7 Å². The molecule has 0 amide bonds. The van der Waals surface area contributed by atoms with E-state index in [0.29, 0.717) is 5.56 Å². The fourth-order valence-corrected chi connectivity index (χ4v) is 1.41. The summed E-state index contributed by atoms with van der Waals surface area (Å²) in [4.78, 5) is 11.1. The molecule has 1 aromatic carbocycles. The first-order valence-corrected chi connectivity index (χ1v) is 4.86. The van der Waals surface area contributed by atoms with Gasteiger partial charge in [-0.25, -0.2) is 0 Å². The van der Waals surface area contributed by atoms with Crippen molar-refractivity contribution in [2.75, 3.05) is 6.26 Å². The van der Waals surface area contributed by atoms with E-state index in [1.807, 2.05) is 12.3 Å². The van der Waals surface area contributed by atoms with Crippen molar-refractivity contribution in [1.29, 1.82) is 0 Å². The number of thioether (sulfide) groups is 1. The van der Waals surface area contributed by atoms with Crippen molar-refractivity contribution < 1.29 is 4.92 Å². The van der Waals surface area contributed by atoms with Gasteiger partial charge in [-0.2, -0.15) is 0 Å². The molecular weight excluding hydrogens is 186 g/mol. The Bertz CT molecular complexity index is 349. The summed E-state index contributed by atoms with van der Waals surface area (Å²) in [5.41, 5.74) is 0.671. The molecule has 0 aliphatic rings. The van der Waals surface area contributed by atoms with E-state index < -0.39 is 4.92 Å². The Balaban J connectivity index is 3.25. The maximum absolute atomic E-state index is 10.6. The molecule has 0 aromatic heterocycles. The van der Waals surface area contributed by atoms with E-state index in [2.05, 4.69) is 6.58 Å². The van der Waals surface area contributed by atoms with Crippen LogP contribution >= 0.6 is 11.8 Å². The van der Waals surface area contributed by atoms with Gasteiger partial charge in [0, 0.05) is 11.0 Å². The average Bonchev–Trinajstić information content (AvgIpc) is 2.16. The van der Waals surface area contributed by atoms with Crippen molar-refractivity contribution in [3.63, 3.8) is 0 Å². The minimum absolute atomic E-state index is 0.113. The molecule has 1 rings (SSSR count). The molecule has 13 heavy (non-hydrogen) atoms. The molecule has 0 heterocycles. The molecule has 0 N–H and O–H groups in total. The second-order valence-electron chi connectivity index (χ2n) is 2.39. The Morgan fingerprint density at radius 1 is 1.62 bits per heavy atom. The number of nitrogens with zero attached hydrogens (tertiary/aromatic N) is 1. The Morgan fingerprint density at radius 2 is 2.31 bits per heavy atom.